The first kappa shape index (κ1) is 12.3. The molecule has 15 heavy (non-hydrogen) atoms. The molecule has 0 heterocycles. The van der Waals surface area contributed by atoms with Crippen molar-refractivity contribution in [3.05, 3.63) is 0 Å². The monoisotopic (exact) mass is 206 g/mol. The van der Waals surface area contributed by atoms with Crippen molar-refractivity contribution in [2.75, 3.05) is 0 Å². The second kappa shape index (κ2) is 4.84. The van der Waals surface area contributed by atoms with Crippen LogP contribution >= 0.6 is 0 Å². The zero-order valence-electron chi connectivity index (χ0n) is 10.2. The van der Waals surface area contributed by atoms with Gasteiger partial charge in [0.05, 0.1) is 5.41 Å². The second-order valence-electron chi connectivity index (χ2n) is 5.16. The molecule has 0 unspecified atom stereocenters. The van der Waals surface area contributed by atoms with Crippen molar-refractivity contribution in [2.24, 2.45) is 17.3 Å². The highest BCUT2D eigenvalue weighted by atomic mass is 16.1. The van der Waals surface area contributed by atoms with E-state index in [1.165, 1.54) is 19.3 Å². The van der Waals surface area contributed by atoms with Crippen LogP contribution in [0.3, 0.4) is 0 Å². The molecular formula is C14H22O. The molecule has 1 aliphatic carbocycles. The summed E-state index contributed by atoms with van der Waals surface area (Å²) in [5.41, 5.74) is -0.396. The van der Waals surface area contributed by atoms with Crippen LogP contribution < -0.4 is 0 Å². The molecule has 0 aromatic heterocycles. The Morgan fingerprint density at radius 1 is 1.53 bits per heavy atom. The maximum absolute atomic E-state index is 12.0. The Bertz CT molecular complexity index is 264. The molecule has 84 valence electrons. The van der Waals surface area contributed by atoms with E-state index in [1.54, 1.807) is 0 Å². The highest BCUT2D eigenvalue weighted by molar-refractivity contribution is 5.90. The van der Waals surface area contributed by atoms with Gasteiger partial charge in [-0.05, 0) is 18.8 Å². The molecule has 1 saturated carbocycles. The molecule has 0 amide bonds. The van der Waals surface area contributed by atoms with E-state index in [4.69, 9.17) is 6.42 Å². The minimum absolute atomic E-state index is 0.0770. The summed E-state index contributed by atoms with van der Waals surface area (Å²) in [5.74, 6) is 3.80. The molecule has 0 atom stereocenters. The van der Waals surface area contributed by atoms with Crippen LogP contribution in [0, 0.1) is 29.6 Å². The Kier molecular flexibility index (Phi) is 3.97. The third-order valence-electron chi connectivity index (χ3n) is 3.51. The van der Waals surface area contributed by atoms with Gasteiger partial charge in [-0.15, -0.1) is 6.42 Å². The summed E-state index contributed by atoms with van der Waals surface area (Å²) >= 11 is 0. The van der Waals surface area contributed by atoms with E-state index in [-0.39, 0.29) is 11.7 Å². The molecule has 0 aromatic carbocycles. The number of terminal acetylenes is 1. The SMILES string of the molecule is C#CC1(C(=O)C(C)C)CC(CCCC)C1. The lowest BCUT2D eigenvalue weighted by Crippen LogP contribution is -2.44. The summed E-state index contributed by atoms with van der Waals surface area (Å²) in [4.78, 5) is 12.0. The van der Waals surface area contributed by atoms with Gasteiger partial charge in [-0.2, -0.15) is 0 Å². The van der Waals surface area contributed by atoms with Crippen LogP contribution in [0.15, 0.2) is 0 Å². The third-order valence-corrected chi connectivity index (χ3v) is 3.51. The van der Waals surface area contributed by atoms with E-state index >= 15 is 0 Å². The van der Waals surface area contributed by atoms with Crippen molar-refractivity contribution in [3.63, 3.8) is 0 Å². The van der Waals surface area contributed by atoms with E-state index in [0.717, 1.165) is 12.8 Å². The van der Waals surface area contributed by atoms with Crippen LogP contribution in [0.1, 0.15) is 52.9 Å². The molecular weight excluding hydrogens is 184 g/mol. The molecule has 0 saturated heterocycles. The number of carbonyl (C=O) groups excluding carboxylic acids is 1. The molecule has 1 nitrogen and oxygen atoms in total. The lowest BCUT2D eigenvalue weighted by molar-refractivity contribution is -0.135. The minimum atomic E-state index is -0.396. The highest BCUT2D eigenvalue weighted by Crippen LogP contribution is 2.49. The fraction of sp³-hybridized carbons (Fsp3) is 0.786. The van der Waals surface area contributed by atoms with Gasteiger partial charge in [0, 0.05) is 5.92 Å². The molecule has 0 spiro atoms. The van der Waals surface area contributed by atoms with E-state index in [0.29, 0.717) is 5.92 Å². The van der Waals surface area contributed by atoms with Crippen LogP contribution in [-0.2, 0) is 4.79 Å². The number of carbonyl (C=O) groups is 1. The fourth-order valence-corrected chi connectivity index (χ4v) is 2.57. The molecule has 0 radical (unpaired) electrons. The van der Waals surface area contributed by atoms with Crippen molar-refractivity contribution in [1.29, 1.82) is 0 Å². The lowest BCUT2D eigenvalue weighted by atomic mass is 9.57. The minimum Gasteiger partial charge on any atom is -0.298 e. The first-order valence-corrected chi connectivity index (χ1v) is 6.08. The molecule has 0 aromatic rings. The van der Waals surface area contributed by atoms with Gasteiger partial charge in [-0.25, -0.2) is 0 Å². The first-order chi connectivity index (χ1) is 7.05. The van der Waals surface area contributed by atoms with Gasteiger partial charge in [0.25, 0.3) is 0 Å². The molecule has 0 aliphatic heterocycles. The van der Waals surface area contributed by atoms with Crippen LogP contribution in [0.25, 0.3) is 0 Å². The zero-order valence-corrected chi connectivity index (χ0v) is 10.2. The van der Waals surface area contributed by atoms with Crippen molar-refractivity contribution < 1.29 is 4.79 Å². The quantitative estimate of drug-likeness (QED) is 0.630. The largest absolute Gasteiger partial charge is 0.298 e. The maximum Gasteiger partial charge on any atom is 0.153 e. The van der Waals surface area contributed by atoms with E-state index in [9.17, 15) is 4.79 Å². The second-order valence-corrected chi connectivity index (χ2v) is 5.16. The Labute approximate surface area is 93.6 Å². The predicted molar refractivity (Wildman–Crippen MR) is 63.4 cm³/mol. The predicted octanol–water partition coefficient (Wildman–Crippen LogP) is 3.43. The highest BCUT2D eigenvalue weighted by Gasteiger charge is 2.48. The van der Waals surface area contributed by atoms with E-state index in [1.807, 2.05) is 13.8 Å². The van der Waals surface area contributed by atoms with E-state index < -0.39 is 5.41 Å². The Morgan fingerprint density at radius 2 is 2.13 bits per heavy atom. The summed E-state index contributed by atoms with van der Waals surface area (Å²) in [6.07, 6.45) is 11.1. The van der Waals surface area contributed by atoms with Crippen molar-refractivity contribution >= 4 is 5.78 Å². The molecule has 1 heteroatoms. The fourth-order valence-electron chi connectivity index (χ4n) is 2.57. The third kappa shape index (κ3) is 2.43. The van der Waals surface area contributed by atoms with Gasteiger partial charge in [0.2, 0.25) is 0 Å². The smallest absolute Gasteiger partial charge is 0.153 e. The van der Waals surface area contributed by atoms with Gasteiger partial charge in [-0.1, -0.05) is 46.0 Å². The first-order valence-electron chi connectivity index (χ1n) is 6.08. The van der Waals surface area contributed by atoms with Gasteiger partial charge in [0.1, 0.15) is 0 Å². The van der Waals surface area contributed by atoms with Gasteiger partial charge >= 0.3 is 0 Å². The maximum atomic E-state index is 12.0. The van der Waals surface area contributed by atoms with Gasteiger partial charge in [0.15, 0.2) is 5.78 Å². The molecule has 1 aliphatic rings. The number of rotatable bonds is 5. The zero-order chi connectivity index (χ0) is 11.5. The summed E-state index contributed by atoms with van der Waals surface area (Å²) < 4.78 is 0. The van der Waals surface area contributed by atoms with E-state index in [2.05, 4.69) is 12.8 Å². The van der Waals surface area contributed by atoms with Crippen LogP contribution in [0.5, 0.6) is 0 Å². The molecule has 1 rings (SSSR count). The number of unbranched alkanes of at least 4 members (excludes halogenated alkanes) is 1. The molecule has 0 bridgehead atoms. The summed E-state index contributed by atoms with van der Waals surface area (Å²) in [7, 11) is 0. The summed E-state index contributed by atoms with van der Waals surface area (Å²) in [6, 6.07) is 0. The summed E-state index contributed by atoms with van der Waals surface area (Å²) in [6.45, 7) is 6.09. The summed E-state index contributed by atoms with van der Waals surface area (Å²) in [5, 5.41) is 0. The Balaban J connectivity index is 2.49. The van der Waals surface area contributed by atoms with Crippen LogP contribution in [0.4, 0.5) is 0 Å². The van der Waals surface area contributed by atoms with Crippen LogP contribution in [-0.4, -0.2) is 5.78 Å². The normalized spacial score (nSPS) is 29.7. The molecule has 1 fully saturated rings. The average Bonchev–Trinajstić information content (AvgIpc) is 2.16. The van der Waals surface area contributed by atoms with Gasteiger partial charge < -0.3 is 0 Å². The number of hydrogen-bond acceptors (Lipinski definition) is 1. The number of ketones is 1. The average molecular weight is 206 g/mol. The van der Waals surface area contributed by atoms with Crippen molar-refractivity contribution in [3.8, 4) is 12.3 Å². The molecule has 0 N–H and O–H groups in total. The topological polar surface area (TPSA) is 17.1 Å². The van der Waals surface area contributed by atoms with Crippen molar-refractivity contribution in [1.82, 2.24) is 0 Å². The lowest BCUT2D eigenvalue weighted by Gasteiger charge is -2.44. The Morgan fingerprint density at radius 3 is 2.53 bits per heavy atom. The number of hydrogen-bond donors (Lipinski definition) is 0. The van der Waals surface area contributed by atoms with Gasteiger partial charge in [-0.3, -0.25) is 4.79 Å². The Hall–Kier alpha value is -0.770. The number of Topliss-reactive ketones (excluding diaryl/α,β-unsaturated/α-hetero) is 1. The van der Waals surface area contributed by atoms with Crippen LogP contribution in [0.2, 0.25) is 0 Å². The van der Waals surface area contributed by atoms with Crippen molar-refractivity contribution in [2.45, 2.75) is 52.9 Å². The standard InChI is InChI=1S/C14H22O/c1-5-7-8-12-9-14(6-2,10-12)13(15)11(3)4/h2,11-12H,5,7-10H2,1,3-4H3.